The van der Waals surface area contributed by atoms with Gasteiger partial charge >= 0.3 is 0 Å². The maximum absolute atomic E-state index is 12.6. The molecule has 21 heavy (non-hydrogen) atoms. The van der Waals surface area contributed by atoms with Crippen LogP contribution in [0.15, 0.2) is 10.3 Å². The molecule has 0 aromatic carbocycles. The van der Waals surface area contributed by atoms with Gasteiger partial charge in [-0.1, -0.05) is 0 Å². The lowest BCUT2D eigenvalue weighted by Gasteiger charge is -2.50. The number of thiophene rings is 1. The van der Waals surface area contributed by atoms with Crippen LogP contribution < -0.4 is 10.0 Å². The summed E-state index contributed by atoms with van der Waals surface area (Å²) in [6.45, 7) is 3.84. The molecule has 0 radical (unpaired) electrons. The van der Waals surface area contributed by atoms with E-state index in [9.17, 15) is 13.2 Å². The standard InChI is InChI=1S/C14H20N2O3S2/c1-9-8-13(20-10(9)2)21(18,19)16-11-4-5-12(17)15-14(11)6-3-7-14/h8,11,16H,3-7H2,1-2H3,(H,15,17)/t11-/m0/s1. The third-order valence-corrected chi connectivity index (χ3v) is 7.76. The Bertz CT molecular complexity index is 655. The molecule has 0 bridgehead atoms. The fraction of sp³-hybridized carbons (Fsp3) is 0.643. The summed E-state index contributed by atoms with van der Waals surface area (Å²) in [7, 11) is -3.51. The smallest absolute Gasteiger partial charge is 0.250 e. The van der Waals surface area contributed by atoms with Crippen LogP contribution in [0.1, 0.15) is 42.5 Å². The minimum atomic E-state index is -3.51. The lowest BCUT2D eigenvalue weighted by atomic mass is 9.68. The van der Waals surface area contributed by atoms with Crippen LogP contribution in [-0.4, -0.2) is 25.9 Å². The first-order chi connectivity index (χ1) is 9.82. The monoisotopic (exact) mass is 328 g/mol. The van der Waals surface area contributed by atoms with Crippen molar-refractivity contribution in [1.82, 2.24) is 10.0 Å². The average Bonchev–Trinajstić information content (AvgIpc) is 2.70. The van der Waals surface area contributed by atoms with Crippen LogP contribution in [0, 0.1) is 13.8 Å². The van der Waals surface area contributed by atoms with Gasteiger partial charge in [-0.05, 0) is 51.2 Å². The predicted octanol–water partition coefficient (Wildman–Crippen LogP) is 1.84. The zero-order valence-electron chi connectivity index (χ0n) is 12.2. The van der Waals surface area contributed by atoms with E-state index in [1.54, 1.807) is 6.07 Å². The molecule has 3 rings (SSSR count). The summed E-state index contributed by atoms with van der Waals surface area (Å²) in [5.41, 5.74) is 0.639. The van der Waals surface area contributed by atoms with E-state index in [1.807, 2.05) is 13.8 Å². The highest BCUT2D eigenvalue weighted by atomic mass is 32.2. The van der Waals surface area contributed by atoms with E-state index in [2.05, 4.69) is 10.0 Å². The van der Waals surface area contributed by atoms with Gasteiger partial charge in [0, 0.05) is 17.3 Å². The first-order valence-electron chi connectivity index (χ1n) is 7.23. The number of rotatable bonds is 3. The number of sulfonamides is 1. The van der Waals surface area contributed by atoms with E-state index in [1.165, 1.54) is 11.3 Å². The van der Waals surface area contributed by atoms with Gasteiger partial charge in [0.05, 0.1) is 5.54 Å². The summed E-state index contributed by atoms with van der Waals surface area (Å²) < 4.78 is 28.3. The van der Waals surface area contributed by atoms with Crippen LogP contribution in [0.2, 0.25) is 0 Å². The van der Waals surface area contributed by atoms with Gasteiger partial charge in [-0.2, -0.15) is 0 Å². The molecule has 1 aliphatic carbocycles. The van der Waals surface area contributed by atoms with Crippen molar-refractivity contribution in [2.24, 2.45) is 0 Å². The molecule has 1 spiro atoms. The molecule has 1 saturated heterocycles. The van der Waals surface area contributed by atoms with Crippen molar-refractivity contribution in [3.63, 3.8) is 0 Å². The van der Waals surface area contributed by atoms with Crippen LogP contribution in [0.5, 0.6) is 0 Å². The Kier molecular flexibility index (Phi) is 3.62. The topological polar surface area (TPSA) is 75.3 Å². The van der Waals surface area contributed by atoms with Gasteiger partial charge in [-0.25, -0.2) is 13.1 Å². The molecule has 7 heteroatoms. The first kappa shape index (κ1) is 15.0. The maximum atomic E-state index is 12.6. The van der Waals surface area contributed by atoms with Gasteiger partial charge in [-0.15, -0.1) is 11.3 Å². The highest BCUT2D eigenvalue weighted by molar-refractivity contribution is 7.91. The largest absolute Gasteiger partial charge is 0.349 e. The second kappa shape index (κ2) is 5.07. The van der Waals surface area contributed by atoms with Crippen LogP contribution in [0.25, 0.3) is 0 Å². The van der Waals surface area contributed by atoms with E-state index in [-0.39, 0.29) is 17.5 Å². The second-order valence-corrected chi connectivity index (χ2v) is 9.27. The van der Waals surface area contributed by atoms with E-state index < -0.39 is 10.0 Å². The van der Waals surface area contributed by atoms with Crippen LogP contribution in [0.3, 0.4) is 0 Å². The summed E-state index contributed by atoms with van der Waals surface area (Å²) in [6.07, 6.45) is 3.71. The lowest BCUT2D eigenvalue weighted by Crippen LogP contribution is -2.68. The summed E-state index contributed by atoms with van der Waals surface area (Å²) in [5.74, 6) is 0.0351. The normalized spacial score (nSPS) is 24.7. The minimum absolute atomic E-state index is 0.0351. The molecule has 0 unspecified atom stereocenters. The quantitative estimate of drug-likeness (QED) is 0.889. The second-order valence-electron chi connectivity index (χ2n) is 6.08. The summed E-state index contributed by atoms with van der Waals surface area (Å²) >= 11 is 1.30. The van der Waals surface area contributed by atoms with E-state index >= 15 is 0 Å². The molecular weight excluding hydrogens is 308 g/mol. The molecule has 1 saturated carbocycles. The van der Waals surface area contributed by atoms with Crippen molar-refractivity contribution in [2.75, 3.05) is 0 Å². The third-order valence-electron chi connectivity index (χ3n) is 4.67. The van der Waals surface area contributed by atoms with Crippen LogP contribution in [0.4, 0.5) is 0 Å². The van der Waals surface area contributed by atoms with Crippen molar-refractivity contribution in [3.8, 4) is 0 Å². The number of carbonyl (C=O) groups is 1. The fourth-order valence-electron chi connectivity index (χ4n) is 3.10. The molecule has 1 aliphatic heterocycles. The Labute approximate surface area is 129 Å². The van der Waals surface area contributed by atoms with Gasteiger partial charge < -0.3 is 5.32 Å². The molecule has 2 N–H and O–H groups in total. The first-order valence-corrected chi connectivity index (χ1v) is 9.53. The van der Waals surface area contributed by atoms with Crippen LogP contribution in [-0.2, 0) is 14.8 Å². The van der Waals surface area contributed by atoms with Crippen molar-refractivity contribution < 1.29 is 13.2 Å². The number of aryl methyl sites for hydroxylation is 2. The fourth-order valence-corrected chi connectivity index (χ4v) is 5.98. The highest BCUT2D eigenvalue weighted by Crippen LogP contribution is 2.39. The molecule has 5 nitrogen and oxygen atoms in total. The summed E-state index contributed by atoms with van der Waals surface area (Å²) in [5, 5.41) is 3.01. The Hall–Kier alpha value is -0.920. The predicted molar refractivity (Wildman–Crippen MR) is 81.9 cm³/mol. The zero-order chi connectivity index (χ0) is 15.3. The molecule has 2 fully saturated rings. The summed E-state index contributed by atoms with van der Waals surface area (Å²) in [6, 6.07) is 1.52. The Morgan fingerprint density at radius 1 is 1.38 bits per heavy atom. The van der Waals surface area contributed by atoms with Crippen molar-refractivity contribution >= 4 is 27.3 Å². The van der Waals surface area contributed by atoms with Crippen molar-refractivity contribution in [1.29, 1.82) is 0 Å². The Morgan fingerprint density at radius 2 is 2.10 bits per heavy atom. The molecular formula is C14H20N2O3S2. The maximum Gasteiger partial charge on any atom is 0.250 e. The third kappa shape index (κ3) is 2.62. The zero-order valence-corrected chi connectivity index (χ0v) is 13.9. The van der Waals surface area contributed by atoms with Gasteiger partial charge in [-0.3, -0.25) is 4.79 Å². The lowest BCUT2D eigenvalue weighted by molar-refractivity contribution is -0.127. The number of nitrogens with one attached hydrogen (secondary N) is 2. The summed E-state index contributed by atoms with van der Waals surface area (Å²) in [4.78, 5) is 12.6. The Morgan fingerprint density at radius 3 is 2.62 bits per heavy atom. The number of piperidine rings is 1. The number of hydrogen-bond donors (Lipinski definition) is 2. The number of carbonyl (C=O) groups excluding carboxylic acids is 1. The van der Waals surface area contributed by atoms with E-state index in [0.717, 1.165) is 29.7 Å². The molecule has 2 aliphatic rings. The van der Waals surface area contributed by atoms with Gasteiger partial charge in [0.2, 0.25) is 15.9 Å². The van der Waals surface area contributed by atoms with E-state index in [4.69, 9.17) is 0 Å². The van der Waals surface area contributed by atoms with Gasteiger partial charge in [0.25, 0.3) is 0 Å². The molecule has 1 aromatic heterocycles. The van der Waals surface area contributed by atoms with Crippen molar-refractivity contribution in [2.45, 2.75) is 61.7 Å². The number of amides is 1. The SMILES string of the molecule is Cc1cc(S(=O)(=O)N[C@H]2CCC(=O)NC23CCC3)sc1C. The van der Waals surface area contributed by atoms with Crippen molar-refractivity contribution in [3.05, 3.63) is 16.5 Å². The average molecular weight is 328 g/mol. The molecule has 116 valence electrons. The highest BCUT2D eigenvalue weighted by Gasteiger charge is 2.49. The number of hydrogen-bond acceptors (Lipinski definition) is 4. The van der Waals surface area contributed by atoms with Gasteiger partial charge in [0.15, 0.2) is 0 Å². The van der Waals surface area contributed by atoms with E-state index in [0.29, 0.717) is 17.1 Å². The van der Waals surface area contributed by atoms with Crippen LogP contribution >= 0.6 is 11.3 Å². The molecule has 1 amide bonds. The van der Waals surface area contributed by atoms with Gasteiger partial charge in [0.1, 0.15) is 4.21 Å². The molecule has 2 heterocycles. The molecule has 1 atom stereocenters. The Balaban J connectivity index is 1.83. The minimum Gasteiger partial charge on any atom is -0.349 e. The molecule has 1 aromatic rings.